The van der Waals surface area contributed by atoms with Gasteiger partial charge < -0.3 is 15.5 Å². The van der Waals surface area contributed by atoms with Crippen molar-refractivity contribution >= 4 is 5.96 Å². The average molecular weight is 264 g/mol. The van der Waals surface area contributed by atoms with E-state index in [4.69, 9.17) is 5.73 Å². The van der Waals surface area contributed by atoms with Crippen LogP contribution in [0.5, 0.6) is 0 Å². The smallest absolute Gasteiger partial charge is 0.191 e. The maximum absolute atomic E-state index is 13.4. The molecular formula is C14H21FN4. The van der Waals surface area contributed by atoms with E-state index >= 15 is 0 Å². The minimum atomic E-state index is -0.210. The van der Waals surface area contributed by atoms with Gasteiger partial charge in [0.15, 0.2) is 5.96 Å². The second-order valence-electron chi connectivity index (χ2n) is 5.21. The molecule has 0 fully saturated rings. The van der Waals surface area contributed by atoms with Crippen molar-refractivity contribution in [1.29, 1.82) is 0 Å². The molecule has 0 saturated carbocycles. The zero-order chi connectivity index (χ0) is 14.0. The highest BCUT2D eigenvalue weighted by molar-refractivity contribution is 5.80. The van der Waals surface area contributed by atoms with Gasteiger partial charge in [0.1, 0.15) is 5.82 Å². The normalized spacial score (nSPS) is 19.1. The molecule has 1 heterocycles. The van der Waals surface area contributed by atoms with E-state index < -0.39 is 0 Å². The summed E-state index contributed by atoms with van der Waals surface area (Å²) in [5.74, 6) is 0.342. The maximum Gasteiger partial charge on any atom is 0.191 e. The molecule has 0 aromatic heterocycles. The van der Waals surface area contributed by atoms with Crippen LogP contribution in [0.1, 0.15) is 17.2 Å². The van der Waals surface area contributed by atoms with Crippen molar-refractivity contribution in [2.45, 2.75) is 13.0 Å². The summed E-state index contributed by atoms with van der Waals surface area (Å²) in [5, 5.41) is 0. The molecule has 1 atom stereocenters. The van der Waals surface area contributed by atoms with E-state index in [-0.39, 0.29) is 11.9 Å². The van der Waals surface area contributed by atoms with E-state index in [0.717, 1.165) is 24.2 Å². The number of aliphatic imine (C=N–C) groups is 1. The summed E-state index contributed by atoms with van der Waals surface area (Å²) in [5.41, 5.74) is 7.99. The lowest BCUT2D eigenvalue weighted by atomic mass is 10.0. The molecule has 1 aromatic carbocycles. The Morgan fingerprint density at radius 2 is 2.21 bits per heavy atom. The summed E-state index contributed by atoms with van der Waals surface area (Å²) in [7, 11) is 4.04. The van der Waals surface area contributed by atoms with Crippen LogP contribution in [-0.2, 0) is 0 Å². The summed E-state index contributed by atoms with van der Waals surface area (Å²) in [6.45, 7) is 4.28. The molecular weight excluding hydrogens is 243 g/mol. The van der Waals surface area contributed by atoms with Gasteiger partial charge >= 0.3 is 0 Å². The zero-order valence-corrected chi connectivity index (χ0v) is 11.7. The fourth-order valence-electron chi connectivity index (χ4n) is 2.34. The molecule has 104 valence electrons. The number of guanidine groups is 1. The molecule has 2 N–H and O–H groups in total. The van der Waals surface area contributed by atoms with Gasteiger partial charge in [0, 0.05) is 13.1 Å². The molecule has 1 aliphatic heterocycles. The number of hydrogen-bond donors (Lipinski definition) is 1. The van der Waals surface area contributed by atoms with Gasteiger partial charge in [-0.25, -0.2) is 4.39 Å². The first-order valence-corrected chi connectivity index (χ1v) is 6.46. The van der Waals surface area contributed by atoms with Gasteiger partial charge in [-0.15, -0.1) is 0 Å². The van der Waals surface area contributed by atoms with Crippen molar-refractivity contribution in [1.82, 2.24) is 9.80 Å². The third-order valence-electron chi connectivity index (χ3n) is 3.49. The molecule has 0 radical (unpaired) electrons. The van der Waals surface area contributed by atoms with Crippen LogP contribution in [0.3, 0.4) is 0 Å². The van der Waals surface area contributed by atoms with E-state index in [2.05, 4.69) is 14.8 Å². The van der Waals surface area contributed by atoms with Gasteiger partial charge in [0.05, 0.1) is 12.6 Å². The number of aryl methyl sites for hydroxylation is 1. The van der Waals surface area contributed by atoms with Crippen molar-refractivity contribution in [3.05, 3.63) is 35.1 Å². The quantitative estimate of drug-likeness (QED) is 0.893. The molecule has 0 bridgehead atoms. The highest BCUT2D eigenvalue weighted by Gasteiger charge is 2.28. The van der Waals surface area contributed by atoms with Crippen LogP contribution in [0.25, 0.3) is 0 Å². The van der Waals surface area contributed by atoms with Crippen LogP contribution in [0.4, 0.5) is 4.39 Å². The molecule has 0 aliphatic carbocycles. The van der Waals surface area contributed by atoms with Crippen LogP contribution in [0.2, 0.25) is 0 Å². The summed E-state index contributed by atoms with van der Waals surface area (Å²) in [6, 6.07) is 4.94. The largest absolute Gasteiger partial charge is 0.370 e. The summed E-state index contributed by atoms with van der Waals surface area (Å²) < 4.78 is 13.4. The molecule has 1 unspecified atom stereocenters. The summed E-state index contributed by atoms with van der Waals surface area (Å²) in [6.07, 6.45) is 0. The zero-order valence-electron chi connectivity index (χ0n) is 11.7. The maximum atomic E-state index is 13.4. The Bertz CT molecular complexity index is 484. The van der Waals surface area contributed by atoms with Gasteiger partial charge in [0.25, 0.3) is 0 Å². The number of nitrogens with two attached hydrogens (primary N) is 1. The first-order chi connectivity index (χ1) is 8.99. The van der Waals surface area contributed by atoms with E-state index in [0.29, 0.717) is 12.5 Å². The predicted molar refractivity (Wildman–Crippen MR) is 75.6 cm³/mol. The van der Waals surface area contributed by atoms with Gasteiger partial charge in [-0.1, -0.05) is 6.07 Å². The van der Waals surface area contributed by atoms with Crippen LogP contribution in [0.15, 0.2) is 23.2 Å². The SMILES string of the molecule is Cc1ccc(F)cc1C1CN=C(N)N1CCN(C)C. The number of benzene rings is 1. The fourth-order valence-corrected chi connectivity index (χ4v) is 2.34. The second kappa shape index (κ2) is 5.57. The predicted octanol–water partition coefficient (Wildman–Crippen LogP) is 1.37. The molecule has 4 nitrogen and oxygen atoms in total. The monoisotopic (exact) mass is 264 g/mol. The van der Waals surface area contributed by atoms with Gasteiger partial charge in [-0.05, 0) is 44.3 Å². The Morgan fingerprint density at radius 3 is 2.89 bits per heavy atom. The van der Waals surface area contributed by atoms with Gasteiger partial charge in [-0.2, -0.15) is 0 Å². The topological polar surface area (TPSA) is 44.9 Å². The number of nitrogens with zero attached hydrogens (tertiary/aromatic N) is 3. The molecule has 1 aromatic rings. The lowest BCUT2D eigenvalue weighted by molar-refractivity contribution is 0.292. The Hall–Kier alpha value is -1.62. The highest BCUT2D eigenvalue weighted by atomic mass is 19.1. The third kappa shape index (κ3) is 3.04. The molecule has 5 heteroatoms. The number of likely N-dealkylation sites (N-methyl/N-ethyl adjacent to an activating group) is 1. The average Bonchev–Trinajstić information content (AvgIpc) is 2.71. The van der Waals surface area contributed by atoms with Crippen molar-refractivity contribution in [3.63, 3.8) is 0 Å². The Labute approximate surface area is 113 Å². The van der Waals surface area contributed by atoms with E-state index in [9.17, 15) is 4.39 Å². The van der Waals surface area contributed by atoms with Crippen molar-refractivity contribution in [2.24, 2.45) is 10.7 Å². The Kier molecular flexibility index (Phi) is 4.04. The summed E-state index contributed by atoms with van der Waals surface area (Å²) >= 11 is 0. The van der Waals surface area contributed by atoms with E-state index in [1.54, 1.807) is 6.07 Å². The molecule has 0 spiro atoms. The lowest BCUT2D eigenvalue weighted by Crippen LogP contribution is -2.40. The minimum absolute atomic E-state index is 0.0515. The number of hydrogen-bond acceptors (Lipinski definition) is 4. The molecule has 0 amide bonds. The Morgan fingerprint density at radius 1 is 1.47 bits per heavy atom. The van der Waals surface area contributed by atoms with Crippen LogP contribution in [-0.4, -0.2) is 49.5 Å². The molecule has 0 saturated heterocycles. The number of rotatable bonds is 4. The van der Waals surface area contributed by atoms with Gasteiger partial charge in [0.2, 0.25) is 0 Å². The number of halogens is 1. The van der Waals surface area contributed by atoms with E-state index in [1.807, 2.05) is 27.1 Å². The first-order valence-electron chi connectivity index (χ1n) is 6.46. The first kappa shape index (κ1) is 13.8. The van der Waals surface area contributed by atoms with E-state index in [1.165, 1.54) is 6.07 Å². The van der Waals surface area contributed by atoms with Crippen molar-refractivity contribution < 1.29 is 4.39 Å². The van der Waals surface area contributed by atoms with Crippen molar-refractivity contribution in [3.8, 4) is 0 Å². The lowest BCUT2D eigenvalue weighted by Gasteiger charge is -2.28. The van der Waals surface area contributed by atoms with Crippen LogP contribution < -0.4 is 5.73 Å². The van der Waals surface area contributed by atoms with Crippen molar-refractivity contribution in [2.75, 3.05) is 33.7 Å². The fraction of sp³-hybridized carbons (Fsp3) is 0.500. The second-order valence-corrected chi connectivity index (χ2v) is 5.21. The standard InChI is InChI=1S/C14H21FN4/c1-10-4-5-11(15)8-12(10)13-9-17-14(16)19(13)7-6-18(2)3/h4-5,8,13H,6-7,9H2,1-3H3,(H2,16,17). The summed E-state index contributed by atoms with van der Waals surface area (Å²) in [4.78, 5) is 8.46. The molecule has 2 rings (SSSR count). The molecule has 19 heavy (non-hydrogen) atoms. The molecule has 1 aliphatic rings. The Balaban J connectivity index is 2.21. The highest BCUT2D eigenvalue weighted by Crippen LogP contribution is 2.28. The minimum Gasteiger partial charge on any atom is -0.370 e. The van der Waals surface area contributed by atoms with Crippen LogP contribution in [0, 0.1) is 12.7 Å². The van der Waals surface area contributed by atoms with Crippen LogP contribution >= 0.6 is 0 Å². The van der Waals surface area contributed by atoms with Gasteiger partial charge in [-0.3, -0.25) is 4.99 Å². The third-order valence-corrected chi connectivity index (χ3v) is 3.49.